The number of hydrogen-bond acceptors (Lipinski definition) is 4. The number of methoxy groups -OCH3 is 1. The van der Waals surface area contributed by atoms with Crippen LogP contribution in [-0.2, 0) is 9.53 Å². The molecule has 0 saturated carbocycles. The van der Waals surface area contributed by atoms with E-state index in [9.17, 15) is 9.59 Å². The second-order valence-corrected chi connectivity index (χ2v) is 3.03. The summed E-state index contributed by atoms with van der Waals surface area (Å²) < 4.78 is 4.36. The molecule has 1 aromatic rings. The minimum atomic E-state index is -1.26. The average Bonchev–Trinajstić information content (AvgIpc) is 2.29. The molecule has 0 fully saturated rings. The third kappa shape index (κ3) is 2.48. The van der Waals surface area contributed by atoms with Gasteiger partial charge in [-0.05, 0) is 5.56 Å². The second kappa shape index (κ2) is 5.13. The van der Waals surface area contributed by atoms with E-state index in [1.165, 1.54) is 0 Å². The SMILES string of the molecule is COC(=O)N(N)[C@@H](C(=O)O)c1ccccc1. The van der Waals surface area contributed by atoms with Crippen LogP contribution >= 0.6 is 0 Å². The lowest BCUT2D eigenvalue weighted by Gasteiger charge is -2.22. The number of nitrogens with zero attached hydrogens (tertiary/aromatic N) is 1. The smallest absolute Gasteiger partial charge is 0.424 e. The molecule has 0 heterocycles. The highest BCUT2D eigenvalue weighted by Gasteiger charge is 2.29. The van der Waals surface area contributed by atoms with Gasteiger partial charge in [-0.25, -0.2) is 20.4 Å². The fraction of sp³-hybridized carbons (Fsp3) is 0.200. The number of rotatable bonds is 3. The summed E-state index contributed by atoms with van der Waals surface area (Å²) in [6, 6.07) is 6.95. The van der Waals surface area contributed by atoms with Crippen LogP contribution in [0.1, 0.15) is 11.6 Å². The quantitative estimate of drug-likeness (QED) is 0.449. The predicted molar refractivity (Wildman–Crippen MR) is 55.3 cm³/mol. The lowest BCUT2D eigenvalue weighted by Crippen LogP contribution is -2.43. The third-order valence-electron chi connectivity index (χ3n) is 2.01. The number of carboxylic acid groups (broad SMARTS) is 1. The molecule has 6 heteroatoms. The Balaban J connectivity index is 3.01. The molecule has 6 nitrogen and oxygen atoms in total. The number of aliphatic carboxylic acids is 1. The van der Waals surface area contributed by atoms with Gasteiger partial charge >= 0.3 is 12.1 Å². The summed E-state index contributed by atoms with van der Waals surface area (Å²) in [5.74, 6) is 4.16. The predicted octanol–water partition coefficient (Wildman–Crippen LogP) is 0.754. The number of ether oxygens (including phenoxy) is 1. The van der Waals surface area contributed by atoms with Crippen molar-refractivity contribution in [3.8, 4) is 0 Å². The van der Waals surface area contributed by atoms with Crippen LogP contribution < -0.4 is 5.84 Å². The van der Waals surface area contributed by atoms with Gasteiger partial charge in [-0.2, -0.15) is 0 Å². The van der Waals surface area contributed by atoms with Crippen LogP contribution in [0.25, 0.3) is 0 Å². The van der Waals surface area contributed by atoms with Gasteiger partial charge in [-0.15, -0.1) is 0 Å². The summed E-state index contributed by atoms with van der Waals surface area (Å²) in [6.07, 6.45) is -0.906. The number of carbonyl (C=O) groups excluding carboxylic acids is 1. The van der Waals surface area contributed by atoms with Crippen LogP contribution in [0.5, 0.6) is 0 Å². The molecule has 0 saturated heterocycles. The van der Waals surface area contributed by atoms with Crippen molar-refractivity contribution in [3.05, 3.63) is 35.9 Å². The maximum atomic E-state index is 11.1. The fourth-order valence-corrected chi connectivity index (χ4v) is 1.27. The van der Waals surface area contributed by atoms with Gasteiger partial charge in [0.2, 0.25) is 0 Å². The average molecular weight is 224 g/mol. The molecule has 0 aromatic heterocycles. The Kier molecular flexibility index (Phi) is 3.84. The van der Waals surface area contributed by atoms with Gasteiger partial charge in [-0.1, -0.05) is 30.3 Å². The van der Waals surface area contributed by atoms with Crippen LogP contribution in [0.2, 0.25) is 0 Å². The molecule has 0 radical (unpaired) electrons. The van der Waals surface area contributed by atoms with Crippen LogP contribution in [0.4, 0.5) is 4.79 Å². The topological polar surface area (TPSA) is 92.9 Å². The maximum Gasteiger partial charge on any atom is 0.424 e. The fourth-order valence-electron chi connectivity index (χ4n) is 1.27. The molecule has 1 amide bonds. The van der Waals surface area contributed by atoms with E-state index in [0.29, 0.717) is 10.6 Å². The highest BCUT2D eigenvalue weighted by Crippen LogP contribution is 2.18. The number of nitrogens with two attached hydrogens (primary N) is 1. The van der Waals surface area contributed by atoms with Crippen LogP contribution in [0, 0.1) is 0 Å². The zero-order valence-corrected chi connectivity index (χ0v) is 8.66. The minimum absolute atomic E-state index is 0.405. The van der Waals surface area contributed by atoms with Crippen molar-refractivity contribution >= 4 is 12.1 Å². The van der Waals surface area contributed by atoms with Crippen LogP contribution in [0.3, 0.4) is 0 Å². The lowest BCUT2D eigenvalue weighted by molar-refractivity contribution is -0.143. The molecule has 0 unspecified atom stereocenters. The van der Waals surface area contributed by atoms with Crippen LogP contribution in [-0.4, -0.2) is 29.3 Å². The standard InChI is InChI=1S/C10H12N2O4/c1-16-10(15)12(11)8(9(13)14)7-5-3-2-4-6-7/h2-6,8H,11H2,1H3,(H,13,14)/t8-/m1/s1. The number of hydrogen-bond donors (Lipinski definition) is 2. The normalized spacial score (nSPS) is 11.6. The molecule has 0 aliphatic heterocycles. The van der Waals surface area contributed by atoms with Crippen LogP contribution in [0.15, 0.2) is 30.3 Å². The molecule has 16 heavy (non-hydrogen) atoms. The second-order valence-electron chi connectivity index (χ2n) is 3.03. The van der Waals surface area contributed by atoms with Gasteiger partial charge in [-0.3, -0.25) is 0 Å². The summed E-state index contributed by atoms with van der Waals surface area (Å²) in [7, 11) is 1.13. The summed E-state index contributed by atoms with van der Waals surface area (Å²) in [5.41, 5.74) is 0.405. The molecule has 0 spiro atoms. The monoisotopic (exact) mass is 224 g/mol. The lowest BCUT2D eigenvalue weighted by atomic mass is 10.1. The van der Waals surface area contributed by atoms with Gasteiger partial charge in [0.1, 0.15) is 0 Å². The van der Waals surface area contributed by atoms with Gasteiger partial charge in [0.15, 0.2) is 6.04 Å². The molecule has 86 valence electrons. The van der Waals surface area contributed by atoms with Crippen molar-refractivity contribution in [2.24, 2.45) is 5.84 Å². The Morgan fingerprint density at radius 2 is 1.94 bits per heavy atom. The van der Waals surface area contributed by atoms with Crippen molar-refractivity contribution in [2.45, 2.75) is 6.04 Å². The molecule has 1 atom stereocenters. The van der Waals surface area contributed by atoms with Gasteiger partial charge in [0.25, 0.3) is 0 Å². The van der Waals surface area contributed by atoms with E-state index in [4.69, 9.17) is 10.9 Å². The maximum absolute atomic E-state index is 11.1. The first-order valence-corrected chi connectivity index (χ1v) is 4.47. The largest absolute Gasteiger partial charge is 0.479 e. The highest BCUT2D eigenvalue weighted by atomic mass is 16.5. The van der Waals surface area contributed by atoms with E-state index < -0.39 is 18.1 Å². The van der Waals surface area contributed by atoms with Crippen molar-refractivity contribution in [3.63, 3.8) is 0 Å². The summed E-state index contributed by atoms with van der Waals surface area (Å²) >= 11 is 0. The first-order chi connectivity index (χ1) is 7.57. The Morgan fingerprint density at radius 1 is 1.38 bits per heavy atom. The molecule has 0 bridgehead atoms. The number of benzene rings is 1. The Morgan fingerprint density at radius 3 is 2.38 bits per heavy atom. The van der Waals surface area contributed by atoms with Crippen molar-refractivity contribution in [1.82, 2.24) is 5.01 Å². The molecular weight excluding hydrogens is 212 g/mol. The molecule has 1 aromatic carbocycles. The first kappa shape index (κ1) is 12.0. The van der Waals surface area contributed by atoms with Gasteiger partial charge in [0, 0.05) is 0 Å². The summed E-state index contributed by atoms with van der Waals surface area (Å²) in [4.78, 5) is 22.2. The summed E-state index contributed by atoms with van der Waals surface area (Å²) in [6.45, 7) is 0. The molecule has 0 aliphatic carbocycles. The zero-order chi connectivity index (χ0) is 12.1. The van der Waals surface area contributed by atoms with E-state index in [1.807, 2.05) is 0 Å². The first-order valence-electron chi connectivity index (χ1n) is 4.47. The van der Waals surface area contributed by atoms with E-state index >= 15 is 0 Å². The summed E-state index contributed by atoms with van der Waals surface area (Å²) in [5, 5.41) is 9.55. The number of carboxylic acids is 1. The molecular formula is C10H12N2O4. The number of hydrazine groups is 1. The Bertz CT molecular complexity index is 380. The molecule has 1 rings (SSSR count). The van der Waals surface area contributed by atoms with Crippen molar-refractivity contribution in [1.29, 1.82) is 0 Å². The highest BCUT2D eigenvalue weighted by molar-refractivity contribution is 5.81. The van der Waals surface area contributed by atoms with Crippen molar-refractivity contribution < 1.29 is 19.4 Å². The zero-order valence-electron chi connectivity index (χ0n) is 8.66. The van der Waals surface area contributed by atoms with E-state index in [0.717, 1.165) is 7.11 Å². The molecule has 3 N–H and O–H groups in total. The van der Waals surface area contributed by atoms with Crippen molar-refractivity contribution in [2.75, 3.05) is 7.11 Å². The van der Waals surface area contributed by atoms with Gasteiger partial charge in [0.05, 0.1) is 7.11 Å². The van der Waals surface area contributed by atoms with E-state index in [-0.39, 0.29) is 0 Å². The minimum Gasteiger partial charge on any atom is -0.479 e. The Hall–Kier alpha value is -2.08. The number of amides is 1. The van der Waals surface area contributed by atoms with Gasteiger partial charge < -0.3 is 9.84 Å². The van der Waals surface area contributed by atoms with E-state index in [2.05, 4.69) is 4.74 Å². The Labute approximate surface area is 92.2 Å². The third-order valence-corrected chi connectivity index (χ3v) is 2.01. The number of carbonyl (C=O) groups is 2. The molecule has 0 aliphatic rings. The van der Waals surface area contributed by atoms with E-state index in [1.54, 1.807) is 30.3 Å².